The first kappa shape index (κ1) is 20.3. The second-order valence-electron chi connectivity index (χ2n) is 4.68. The van der Waals surface area contributed by atoms with Gasteiger partial charge in [0.15, 0.2) is 6.61 Å². The number of nitro groups is 1. The molecule has 0 amide bonds. The van der Waals surface area contributed by atoms with Gasteiger partial charge >= 0.3 is 11.7 Å². The van der Waals surface area contributed by atoms with Crippen molar-refractivity contribution in [1.82, 2.24) is 4.98 Å². The van der Waals surface area contributed by atoms with Gasteiger partial charge in [0.1, 0.15) is 5.75 Å². The number of pyridine rings is 1. The van der Waals surface area contributed by atoms with E-state index in [1.165, 1.54) is 31.7 Å². The van der Waals surface area contributed by atoms with Gasteiger partial charge in [-0.25, -0.2) is 9.78 Å². The lowest BCUT2D eigenvalue weighted by Crippen LogP contribution is -2.13. The number of hydrogen-bond donors (Lipinski definition) is 1. The summed E-state index contributed by atoms with van der Waals surface area (Å²) in [5, 5.41) is 14.9. The molecule has 1 heterocycles. The monoisotopic (exact) mass is 582 g/mol. The molecule has 0 saturated heterocycles. The van der Waals surface area contributed by atoms with Crippen LogP contribution in [-0.4, -0.2) is 35.8 Å². The van der Waals surface area contributed by atoms with Gasteiger partial charge in [0.05, 0.1) is 25.4 Å². The molecule has 0 aliphatic rings. The Morgan fingerprint density at radius 1 is 1.42 bits per heavy atom. The first-order chi connectivity index (χ1) is 12.4. The van der Waals surface area contributed by atoms with E-state index in [1.54, 1.807) is 12.1 Å². The molecule has 1 N–H and O–H groups in total. The fourth-order valence-corrected chi connectivity index (χ4v) is 3.91. The van der Waals surface area contributed by atoms with Crippen LogP contribution in [0.2, 0.25) is 0 Å². The average molecular weight is 582 g/mol. The number of carbonyl (C=O) groups is 1. The number of hydrogen-bond acceptors (Lipinski definition) is 8. The summed E-state index contributed by atoms with van der Waals surface area (Å²) in [6.45, 7) is -0.180. The van der Waals surface area contributed by atoms with Gasteiger partial charge in [-0.05, 0) is 68.9 Å². The van der Waals surface area contributed by atoms with Crippen molar-refractivity contribution in [2.24, 2.45) is 5.10 Å². The van der Waals surface area contributed by atoms with Crippen molar-refractivity contribution in [3.63, 3.8) is 0 Å². The number of aromatic nitrogens is 1. The Balaban J connectivity index is 2.12. The summed E-state index contributed by atoms with van der Waals surface area (Å²) in [6.07, 6.45) is 2.94. The van der Waals surface area contributed by atoms with E-state index in [0.717, 1.165) is 12.7 Å². The van der Waals surface area contributed by atoms with Crippen LogP contribution >= 0.6 is 45.2 Å². The molecule has 2 rings (SSSR count). The molecule has 136 valence electrons. The zero-order valence-corrected chi connectivity index (χ0v) is 17.6. The lowest BCUT2D eigenvalue weighted by Gasteiger charge is -2.10. The van der Waals surface area contributed by atoms with Crippen molar-refractivity contribution in [2.45, 2.75) is 0 Å². The minimum Gasteiger partial charge on any atom is -0.480 e. The van der Waals surface area contributed by atoms with E-state index in [9.17, 15) is 14.9 Å². The number of methoxy groups -OCH3 is 1. The first-order valence-electron chi connectivity index (χ1n) is 6.99. The quantitative estimate of drug-likeness (QED) is 0.175. The molecule has 0 spiro atoms. The van der Waals surface area contributed by atoms with Crippen LogP contribution in [0.5, 0.6) is 5.75 Å². The van der Waals surface area contributed by atoms with E-state index >= 15 is 0 Å². The normalized spacial score (nSPS) is 10.6. The highest BCUT2D eigenvalue weighted by molar-refractivity contribution is 14.1. The molecular weight excluding hydrogens is 570 g/mol. The Kier molecular flexibility index (Phi) is 7.50. The molecule has 0 atom stereocenters. The molecule has 0 aliphatic heterocycles. The number of ether oxygens (including phenoxy) is 2. The number of nitrogens with zero attached hydrogens (tertiary/aromatic N) is 3. The molecular formula is C15H12I2N4O5. The maximum Gasteiger partial charge on any atom is 0.343 e. The number of halogens is 2. The van der Waals surface area contributed by atoms with Gasteiger partial charge in [-0.15, -0.1) is 0 Å². The molecule has 9 nitrogen and oxygen atoms in total. The summed E-state index contributed by atoms with van der Waals surface area (Å²) in [5.41, 5.74) is 3.14. The number of rotatable bonds is 7. The number of benzene rings is 1. The standard InChI is InChI=1S/C15H12I2N4O5/c1-25-13(22)8-26-14-10(16)5-9(6-11(14)17)7-19-20-15-12(21(23)24)3-2-4-18-15/h2-7H,8H2,1H3,(H,18,20)/b19-7-. The van der Waals surface area contributed by atoms with Crippen molar-refractivity contribution < 1.29 is 19.2 Å². The van der Waals surface area contributed by atoms with Crippen LogP contribution in [0, 0.1) is 17.3 Å². The van der Waals surface area contributed by atoms with Crippen LogP contribution in [0.4, 0.5) is 11.5 Å². The number of esters is 1. The predicted octanol–water partition coefficient (Wildman–Crippen LogP) is 3.20. The zero-order valence-electron chi connectivity index (χ0n) is 13.3. The summed E-state index contributed by atoms with van der Waals surface area (Å²) in [7, 11) is 1.29. The second-order valence-corrected chi connectivity index (χ2v) is 7.00. The maximum absolute atomic E-state index is 11.2. The molecule has 1 aromatic carbocycles. The number of hydrazone groups is 1. The summed E-state index contributed by atoms with van der Waals surface area (Å²) in [6, 6.07) is 6.41. The van der Waals surface area contributed by atoms with E-state index in [-0.39, 0.29) is 18.1 Å². The molecule has 2 aromatic rings. The zero-order chi connectivity index (χ0) is 19.1. The summed E-state index contributed by atoms with van der Waals surface area (Å²) < 4.78 is 11.6. The lowest BCUT2D eigenvalue weighted by molar-refractivity contribution is -0.384. The number of anilines is 1. The summed E-state index contributed by atoms with van der Waals surface area (Å²) in [4.78, 5) is 25.5. The van der Waals surface area contributed by atoms with Gasteiger partial charge in [0.25, 0.3) is 0 Å². The van der Waals surface area contributed by atoms with Gasteiger partial charge in [-0.2, -0.15) is 5.10 Å². The first-order valence-corrected chi connectivity index (χ1v) is 9.15. The summed E-state index contributed by atoms with van der Waals surface area (Å²) in [5.74, 6) is 0.154. The van der Waals surface area contributed by atoms with Crippen LogP contribution in [0.3, 0.4) is 0 Å². The number of carbonyl (C=O) groups excluding carboxylic acids is 1. The van der Waals surface area contributed by atoms with E-state index in [4.69, 9.17) is 4.74 Å². The van der Waals surface area contributed by atoms with Crippen LogP contribution in [0.1, 0.15) is 5.56 Å². The molecule has 0 fully saturated rings. The second kappa shape index (κ2) is 9.61. The SMILES string of the molecule is COC(=O)COc1c(I)cc(/C=N\Nc2ncccc2[N+](=O)[O-])cc1I. The van der Waals surface area contributed by atoms with Crippen molar-refractivity contribution in [1.29, 1.82) is 0 Å². The fraction of sp³-hybridized carbons (Fsp3) is 0.133. The van der Waals surface area contributed by atoms with Crippen LogP contribution < -0.4 is 10.2 Å². The molecule has 0 radical (unpaired) electrons. The smallest absolute Gasteiger partial charge is 0.343 e. The van der Waals surface area contributed by atoms with Crippen molar-refractivity contribution >= 4 is 68.9 Å². The maximum atomic E-state index is 11.2. The third kappa shape index (κ3) is 5.48. The van der Waals surface area contributed by atoms with Crippen molar-refractivity contribution in [2.75, 3.05) is 19.1 Å². The predicted molar refractivity (Wildman–Crippen MR) is 111 cm³/mol. The number of nitrogens with one attached hydrogen (secondary N) is 1. The van der Waals surface area contributed by atoms with Gasteiger partial charge in [0, 0.05) is 12.3 Å². The van der Waals surface area contributed by atoms with Gasteiger partial charge < -0.3 is 9.47 Å². The summed E-state index contributed by atoms with van der Waals surface area (Å²) >= 11 is 4.16. The Labute approximate surface area is 175 Å². The largest absolute Gasteiger partial charge is 0.480 e. The van der Waals surface area contributed by atoms with E-state index in [2.05, 4.69) is 65.4 Å². The Hall–Kier alpha value is -2.03. The van der Waals surface area contributed by atoms with Crippen LogP contribution in [0.25, 0.3) is 0 Å². The van der Waals surface area contributed by atoms with Crippen molar-refractivity contribution in [3.8, 4) is 5.75 Å². The van der Waals surface area contributed by atoms with Crippen LogP contribution in [0.15, 0.2) is 35.6 Å². The lowest BCUT2D eigenvalue weighted by atomic mass is 10.2. The fourth-order valence-electron chi connectivity index (χ4n) is 1.78. The molecule has 0 aliphatic carbocycles. The van der Waals surface area contributed by atoms with Gasteiger partial charge in [0.2, 0.25) is 5.82 Å². The molecule has 0 saturated carbocycles. The molecule has 26 heavy (non-hydrogen) atoms. The highest BCUT2D eigenvalue weighted by Gasteiger charge is 2.13. The van der Waals surface area contributed by atoms with Crippen LogP contribution in [-0.2, 0) is 9.53 Å². The highest BCUT2D eigenvalue weighted by atomic mass is 127. The minimum absolute atomic E-state index is 0.0520. The van der Waals surface area contributed by atoms with E-state index in [0.29, 0.717) is 5.75 Å². The van der Waals surface area contributed by atoms with Crippen molar-refractivity contribution in [3.05, 3.63) is 53.3 Å². The van der Waals surface area contributed by atoms with E-state index < -0.39 is 10.9 Å². The van der Waals surface area contributed by atoms with Gasteiger partial charge in [-0.3, -0.25) is 15.5 Å². The molecule has 0 bridgehead atoms. The highest BCUT2D eigenvalue weighted by Crippen LogP contribution is 2.28. The Morgan fingerprint density at radius 3 is 2.73 bits per heavy atom. The molecule has 1 aromatic heterocycles. The topological polar surface area (TPSA) is 116 Å². The third-order valence-electron chi connectivity index (χ3n) is 2.95. The van der Waals surface area contributed by atoms with E-state index in [1.807, 2.05) is 0 Å². The third-order valence-corrected chi connectivity index (χ3v) is 4.55. The average Bonchev–Trinajstić information content (AvgIpc) is 2.61. The van der Waals surface area contributed by atoms with Gasteiger partial charge in [-0.1, -0.05) is 0 Å². The minimum atomic E-state index is -0.538. The molecule has 0 unspecified atom stereocenters. The Morgan fingerprint density at radius 2 is 2.12 bits per heavy atom. The molecule has 11 heteroatoms. The Bertz CT molecular complexity index is 837.